The number of hydrogen-bond donors (Lipinski definition) is 1. The van der Waals surface area contributed by atoms with Gasteiger partial charge in [-0.25, -0.2) is 4.39 Å². The third kappa shape index (κ3) is 3.03. The highest BCUT2D eigenvalue weighted by Gasteiger charge is 2.09. The molecule has 94 valence electrons. The second-order valence-electron chi connectivity index (χ2n) is 4.02. The highest BCUT2D eigenvalue weighted by molar-refractivity contribution is 9.10. The van der Waals surface area contributed by atoms with E-state index < -0.39 is 5.82 Å². The SMILES string of the molecule is CC(Nc1ccccc1Br)c1ccc(F)c(Cl)c1. The molecular weight excluding hydrogens is 317 g/mol. The van der Waals surface area contributed by atoms with Gasteiger partial charge in [-0.05, 0) is 52.7 Å². The number of hydrogen-bond acceptors (Lipinski definition) is 1. The van der Waals surface area contributed by atoms with Gasteiger partial charge in [-0.3, -0.25) is 0 Å². The largest absolute Gasteiger partial charge is 0.378 e. The molecule has 18 heavy (non-hydrogen) atoms. The van der Waals surface area contributed by atoms with Crippen molar-refractivity contribution in [3.8, 4) is 0 Å². The summed E-state index contributed by atoms with van der Waals surface area (Å²) in [6.07, 6.45) is 0. The number of benzene rings is 2. The van der Waals surface area contributed by atoms with Crippen LogP contribution in [-0.2, 0) is 0 Å². The standard InChI is InChI=1S/C14H12BrClFN/c1-9(10-6-7-13(17)12(16)8-10)18-14-5-3-2-4-11(14)15/h2-9,18H,1H3. The summed E-state index contributed by atoms with van der Waals surface area (Å²) in [5.41, 5.74) is 1.93. The van der Waals surface area contributed by atoms with Crippen LogP contribution in [0.3, 0.4) is 0 Å². The molecule has 0 fully saturated rings. The predicted octanol–water partition coefficient (Wildman–Crippen LogP) is 5.41. The van der Waals surface area contributed by atoms with E-state index in [1.165, 1.54) is 6.07 Å². The summed E-state index contributed by atoms with van der Waals surface area (Å²) in [6, 6.07) is 12.7. The quantitative estimate of drug-likeness (QED) is 0.794. The molecule has 2 rings (SSSR count). The second-order valence-corrected chi connectivity index (χ2v) is 5.28. The average molecular weight is 329 g/mol. The molecule has 0 aliphatic heterocycles. The van der Waals surface area contributed by atoms with Gasteiger partial charge < -0.3 is 5.32 Å². The van der Waals surface area contributed by atoms with Crippen molar-refractivity contribution in [2.24, 2.45) is 0 Å². The van der Waals surface area contributed by atoms with Gasteiger partial charge in [-0.1, -0.05) is 29.8 Å². The van der Waals surface area contributed by atoms with Crippen LogP contribution in [0.2, 0.25) is 5.02 Å². The molecule has 1 unspecified atom stereocenters. The van der Waals surface area contributed by atoms with Crippen molar-refractivity contribution in [1.82, 2.24) is 0 Å². The Balaban J connectivity index is 2.19. The van der Waals surface area contributed by atoms with Gasteiger partial charge in [-0.15, -0.1) is 0 Å². The number of halogens is 3. The van der Waals surface area contributed by atoms with Crippen LogP contribution in [0.15, 0.2) is 46.9 Å². The van der Waals surface area contributed by atoms with Crippen LogP contribution in [0.1, 0.15) is 18.5 Å². The summed E-state index contributed by atoms with van der Waals surface area (Å²) in [5.74, 6) is -0.395. The summed E-state index contributed by atoms with van der Waals surface area (Å²) in [4.78, 5) is 0. The van der Waals surface area contributed by atoms with Crippen molar-refractivity contribution in [3.05, 3.63) is 63.3 Å². The minimum atomic E-state index is -0.395. The Morgan fingerprint density at radius 2 is 1.94 bits per heavy atom. The highest BCUT2D eigenvalue weighted by Crippen LogP contribution is 2.27. The zero-order chi connectivity index (χ0) is 13.1. The van der Waals surface area contributed by atoms with Gasteiger partial charge in [0.25, 0.3) is 0 Å². The summed E-state index contributed by atoms with van der Waals surface area (Å²) in [7, 11) is 0. The van der Waals surface area contributed by atoms with Crippen LogP contribution in [0.25, 0.3) is 0 Å². The molecular formula is C14H12BrClFN. The summed E-state index contributed by atoms with van der Waals surface area (Å²) < 4.78 is 14.1. The van der Waals surface area contributed by atoms with Crippen molar-refractivity contribution in [2.45, 2.75) is 13.0 Å². The molecule has 0 aliphatic carbocycles. The lowest BCUT2D eigenvalue weighted by Gasteiger charge is -2.17. The summed E-state index contributed by atoms with van der Waals surface area (Å²) in [5, 5.41) is 3.49. The molecule has 2 aromatic rings. The number of rotatable bonds is 3. The first-order chi connectivity index (χ1) is 8.58. The molecule has 4 heteroatoms. The zero-order valence-corrected chi connectivity index (χ0v) is 12.1. The van der Waals surface area contributed by atoms with Crippen LogP contribution in [-0.4, -0.2) is 0 Å². The van der Waals surface area contributed by atoms with E-state index in [1.54, 1.807) is 12.1 Å². The van der Waals surface area contributed by atoms with Crippen LogP contribution in [0.5, 0.6) is 0 Å². The first kappa shape index (κ1) is 13.4. The highest BCUT2D eigenvalue weighted by atomic mass is 79.9. The van der Waals surface area contributed by atoms with E-state index in [-0.39, 0.29) is 11.1 Å². The Morgan fingerprint density at radius 3 is 2.61 bits per heavy atom. The van der Waals surface area contributed by atoms with E-state index in [0.717, 1.165) is 15.7 Å². The fourth-order valence-corrected chi connectivity index (χ4v) is 2.26. The van der Waals surface area contributed by atoms with Gasteiger partial charge in [0.2, 0.25) is 0 Å². The molecule has 2 aromatic carbocycles. The molecule has 1 atom stereocenters. The van der Waals surface area contributed by atoms with E-state index in [2.05, 4.69) is 21.2 Å². The van der Waals surface area contributed by atoms with Gasteiger partial charge in [-0.2, -0.15) is 0 Å². The maximum atomic E-state index is 13.1. The van der Waals surface area contributed by atoms with E-state index in [4.69, 9.17) is 11.6 Å². The first-order valence-corrected chi connectivity index (χ1v) is 6.71. The topological polar surface area (TPSA) is 12.0 Å². The second kappa shape index (κ2) is 5.72. The molecule has 0 spiro atoms. The van der Waals surface area contributed by atoms with E-state index in [0.29, 0.717) is 0 Å². The third-order valence-electron chi connectivity index (χ3n) is 2.69. The lowest BCUT2D eigenvalue weighted by Crippen LogP contribution is -2.07. The lowest BCUT2D eigenvalue weighted by atomic mass is 10.1. The van der Waals surface area contributed by atoms with E-state index in [9.17, 15) is 4.39 Å². The average Bonchev–Trinajstić information content (AvgIpc) is 2.35. The van der Waals surface area contributed by atoms with Crippen molar-refractivity contribution < 1.29 is 4.39 Å². The minimum absolute atomic E-state index is 0.0433. The van der Waals surface area contributed by atoms with Gasteiger partial charge in [0.15, 0.2) is 0 Å². The first-order valence-electron chi connectivity index (χ1n) is 5.54. The van der Waals surface area contributed by atoms with Crippen molar-refractivity contribution in [3.63, 3.8) is 0 Å². The van der Waals surface area contributed by atoms with Gasteiger partial charge in [0.1, 0.15) is 5.82 Å². The zero-order valence-electron chi connectivity index (χ0n) is 9.75. The molecule has 0 saturated carbocycles. The predicted molar refractivity (Wildman–Crippen MR) is 77.6 cm³/mol. The van der Waals surface area contributed by atoms with Crippen LogP contribution < -0.4 is 5.32 Å². The van der Waals surface area contributed by atoms with E-state index in [1.807, 2.05) is 31.2 Å². The minimum Gasteiger partial charge on any atom is -0.378 e. The fraction of sp³-hybridized carbons (Fsp3) is 0.143. The van der Waals surface area contributed by atoms with Crippen LogP contribution >= 0.6 is 27.5 Å². The summed E-state index contributed by atoms with van der Waals surface area (Å²) in [6.45, 7) is 2.00. The monoisotopic (exact) mass is 327 g/mol. The molecule has 0 bridgehead atoms. The Labute approximate surface area is 119 Å². The third-order valence-corrected chi connectivity index (χ3v) is 3.67. The maximum Gasteiger partial charge on any atom is 0.141 e. The number of para-hydroxylation sites is 1. The normalized spacial score (nSPS) is 12.2. The lowest BCUT2D eigenvalue weighted by molar-refractivity contribution is 0.627. The molecule has 0 heterocycles. The van der Waals surface area contributed by atoms with Crippen molar-refractivity contribution >= 4 is 33.2 Å². The molecule has 0 aromatic heterocycles. The molecule has 1 nitrogen and oxygen atoms in total. The molecule has 0 amide bonds. The van der Waals surface area contributed by atoms with Gasteiger partial charge in [0, 0.05) is 16.2 Å². The molecule has 0 radical (unpaired) electrons. The molecule has 0 aliphatic rings. The maximum absolute atomic E-state index is 13.1. The molecule has 0 saturated heterocycles. The Hall–Kier alpha value is -1.06. The Kier molecular flexibility index (Phi) is 4.25. The number of anilines is 1. The Morgan fingerprint density at radius 1 is 1.22 bits per heavy atom. The van der Waals surface area contributed by atoms with Crippen LogP contribution in [0, 0.1) is 5.82 Å². The molecule has 1 N–H and O–H groups in total. The fourth-order valence-electron chi connectivity index (χ4n) is 1.68. The Bertz CT molecular complexity index is 559. The van der Waals surface area contributed by atoms with Crippen molar-refractivity contribution in [2.75, 3.05) is 5.32 Å². The van der Waals surface area contributed by atoms with Crippen LogP contribution in [0.4, 0.5) is 10.1 Å². The van der Waals surface area contributed by atoms with Crippen molar-refractivity contribution in [1.29, 1.82) is 0 Å². The van der Waals surface area contributed by atoms with E-state index >= 15 is 0 Å². The summed E-state index contributed by atoms with van der Waals surface area (Å²) >= 11 is 9.25. The smallest absolute Gasteiger partial charge is 0.141 e. The van der Waals surface area contributed by atoms with Gasteiger partial charge in [0.05, 0.1) is 5.02 Å². The number of nitrogens with one attached hydrogen (secondary N) is 1. The van der Waals surface area contributed by atoms with Gasteiger partial charge >= 0.3 is 0 Å².